The zero-order chi connectivity index (χ0) is 22.2. The number of benzene rings is 2. The average Bonchev–Trinajstić information content (AvgIpc) is 3.48. The van der Waals surface area contributed by atoms with Crippen LogP contribution in [0.4, 0.5) is 5.69 Å². The van der Waals surface area contributed by atoms with E-state index >= 15 is 0 Å². The molecule has 0 bridgehead atoms. The van der Waals surface area contributed by atoms with Crippen LogP contribution in [0.3, 0.4) is 0 Å². The van der Waals surface area contributed by atoms with E-state index in [1.165, 1.54) is 16.9 Å². The van der Waals surface area contributed by atoms with Crippen molar-refractivity contribution in [3.63, 3.8) is 0 Å². The van der Waals surface area contributed by atoms with E-state index in [-0.39, 0.29) is 22.6 Å². The second kappa shape index (κ2) is 7.47. The van der Waals surface area contributed by atoms with E-state index < -0.39 is 10.7 Å². The van der Waals surface area contributed by atoms with Gasteiger partial charge in [-0.05, 0) is 23.8 Å². The number of aromatic amines is 1. The van der Waals surface area contributed by atoms with Crippen molar-refractivity contribution in [1.29, 1.82) is 0 Å². The number of hydrogen-bond acceptors (Lipinski definition) is 6. The lowest BCUT2D eigenvalue weighted by molar-refractivity contribution is -0.384. The highest BCUT2D eigenvalue weighted by Crippen LogP contribution is 2.27. The summed E-state index contributed by atoms with van der Waals surface area (Å²) in [6, 6.07) is 16.9. The minimum Gasteiger partial charge on any atom is -0.507 e. The van der Waals surface area contributed by atoms with Gasteiger partial charge in [0.15, 0.2) is 11.4 Å². The zero-order valence-corrected chi connectivity index (χ0v) is 16.5. The van der Waals surface area contributed by atoms with E-state index in [0.717, 1.165) is 35.0 Å². The molecule has 5 aromatic rings. The first-order chi connectivity index (χ1) is 15.5. The standard InChI is InChI=1S/C23H15N5O4/c29-21-8-7-17(28(31)32)10-18(21)23(30)16-12-25-22-11-20(26-27(22)13-16)15-5-3-14(4-6-15)19-2-1-9-24-19/h1-13,24,29H. The molecule has 0 saturated carbocycles. The molecular weight excluding hydrogens is 410 g/mol. The molecule has 0 amide bonds. The van der Waals surface area contributed by atoms with Gasteiger partial charge in [-0.25, -0.2) is 9.50 Å². The third-order valence-corrected chi connectivity index (χ3v) is 5.10. The Kier molecular flexibility index (Phi) is 4.48. The van der Waals surface area contributed by atoms with Gasteiger partial charge in [0.1, 0.15) is 5.75 Å². The Morgan fingerprint density at radius 1 is 1.06 bits per heavy atom. The van der Waals surface area contributed by atoms with Gasteiger partial charge in [0.05, 0.1) is 21.7 Å². The number of aromatic nitrogens is 4. The molecule has 156 valence electrons. The SMILES string of the molecule is O=C(c1cnc2cc(-c3ccc(-c4ccc[nH]4)cc3)nn2c1)c1cc([N+](=O)[O-])ccc1O. The molecule has 3 aromatic heterocycles. The second-order valence-electron chi connectivity index (χ2n) is 7.12. The molecule has 0 spiro atoms. The number of hydrogen-bond donors (Lipinski definition) is 2. The zero-order valence-electron chi connectivity index (χ0n) is 16.5. The molecule has 9 heteroatoms. The molecule has 5 rings (SSSR count). The van der Waals surface area contributed by atoms with Crippen molar-refractivity contribution < 1.29 is 14.8 Å². The maximum atomic E-state index is 12.8. The van der Waals surface area contributed by atoms with Crippen LogP contribution in [-0.4, -0.2) is 35.4 Å². The number of rotatable bonds is 5. The first kappa shape index (κ1) is 19.2. The Morgan fingerprint density at radius 2 is 1.84 bits per heavy atom. The van der Waals surface area contributed by atoms with Crippen LogP contribution in [0.15, 0.2) is 79.3 Å². The van der Waals surface area contributed by atoms with Gasteiger partial charge in [-0.15, -0.1) is 0 Å². The van der Waals surface area contributed by atoms with E-state index in [9.17, 15) is 20.0 Å². The molecule has 2 N–H and O–H groups in total. The third kappa shape index (κ3) is 3.37. The Hall–Kier alpha value is -4.79. The average molecular weight is 425 g/mol. The van der Waals surface area contributed by atoms with E-state index in [2.05, 4.69) is 15.1 Å². The normalized spacial score (nSPS) is 11.0. The molecular formula is C23H15N5O4. The summed E-state index contributed by atoms with van der Waals surface area (Å²) in [5, 5.41) is 25.5. The van der Waals surface area contributed by atoms with Crippen molar-refractivity contribution in [2.75, 3.05) is 0 Å². The van der Waals surface area contributed by atoms with Crippen LogP contribution in [0, 0.1) is 10.1 Å². The minimum absolute atomic E-state index is 0.144. The van der Waals surface area contributed by atoms with Crippen LogP contribution in [0.1, 0.15) is 15.9 Å². The molecule has 3 heterocycles. The summed E-state index contributed by atoms with van der Waals surface area (Å²) >= 11 is 0. The number of phenolic OH excluding ortho intramolecular Hbond substituents is 1. The van der Waals surface area contributed by atoms with Crippen LogP contribution in [-0.2, 0) is 0 Å². The number of nitrogens with one attached hydrogen (secondary N) is 1. The van der Waals surface area contributed by atoms with Gasteiger partial charge in [-0.3, -0.25) is 14.9 Å². The van der Waals surface area contributed by atoms with E-state index in [1.54, 1.807) is 6.07 Å². The number of phenols is 1. The summed E-state index contributed by atoms with van der Waals surface area (Å²) in [6.07, 6.45) is 4.71. The molecule has 0 aliphatic rings. The van der Waals surface area contributed by atoms with Gasteiger partial charge in [-0.2, -0.15) is 5.10 Å². The second-order valence-corrected chi connectivity index (χ2v) is 7.12. The Labute approximate surface area is 180 Å². The van der Waals surface area contributed by atoms with Gasteiger partial charge < -0.3 is 10.1 Å². The van der Waals surface area contributed by atoms with Crippen LogP contribution in [0.25, 0.3) is 28.2 Å². The van der Waals surface area contributed by atoms with Crippen molar-refractivity contribution in [3.8, 4) is 28.3 Å². The lowest BCUT2D eigenvalue weighted by atomic mass is 10.0. The Balaban J connectivity index is 1.47. The molecule has 0 aliphatic heterocycles. The molecule has 0 unspecified atom stereocenters. The van der Waals surface area contributed by atoms with Crippen LogP contribution >= 0.6 is 0 Å². The smallest absolute Gasteiger partial charge is 0.270 e. The molecule has 9 nitrogen and oxygen atoms in total. The van der Waals surface area contributed by atoms with Gasteiger partial charge in [-0.1, -0.05) is 24.3 Å². The fraction of sp³-hybridized carbons (Fsp3) is 0. The minimum atomic E-state index is -0.626. The van der Waals surface area contributed by atoms with E-state index in [0.29, 0.717) is 11.3 Å². The quantitative estimate of drug-likeness (QED) is 0.246. The first-order valence-electron chi connectivity index (χ1n) is 9.61. The lowest BCUT2D eigenvalue weighted by Crippen LogP contribution is -2.05. The number of nitrogens with zero attached hydrogens (tertiary/aromatic N) is 4. The number of carbonyl (C=O) groups excluding carboxylic acids is 1. The predicted molar refractivity (Wildman–Crippen MR) is 116 cm³/mol. The van der Waals surface area contributed by atoms with E-state index in [4.69, 9.17) is 0 Å². The van der Waals surface area contributed by atoms with Gasteiger partial charge in [0.25, 0.3) is 5.69 Å². The maximum absolute atomic E-state index is 12.8. The maximum Gasteiger partial charge on any atom is 0.270 e. The highest BCUT2D eigenvalue weighted by molar-refractivity contribution is 6.10. The summed E-state index contributed by atoms with van der Waals surface area (Å²) in [7, 11) is 0. The molecule has 0 fully saturated rings. The number of non-ortho nitro benzene ring substituents is 1. The number of ketones is 1. The van der Waals surface area contributed by atoms with E-state index in [1.807, 2.05) is 42.6 Å². The largest absolute Gasteiger partial charge is 0.507 e. The highest BCUT2D eigenvalue weighted by atomic mass is 16.6. The number of aromatic hydroxyl groups is 1. The molecule has 0 atom stereocenters. The Morgan fingerprint density at radius 3 is 2.56 bits per heavy atom. The topological polar surface area (TPSA) is 126 Å². The van der Waals surface area contributed by atoms with Crippen molar-refractivity contribution in [1.82, 2.24) is 19.6 Å². The fourth-order valence-electron chi connectivity index (χ4n) is 3.44. The van der Waals surface area contributed by atoms with Crippen molar-refractivity contribution >= 4 is 17.1 Å². The first-order valence-corrected chi connectivity index (χ1v) is 9.61. The third-order valence-electron chi connectivity index (χ3n) is 5.10. The van der Waals surface area contributed by atoms with Gasteiger partial charge in [0, 0.05) is 48.0 Å². The number of nitro benzene ring substituents is 1. The summed E-state index contributed by atoms with van der Waals surface area (Å²) in [5.74, 6) is -0.933. The fourth-order valence-corrected chi connectivity index (χ4v) is 3.44. The van der Waals surface area contributed by atoms with Crippen LogP contribution in [0.2, 0.25) is 0 Å². The number of carbonyl (C=O) groups is 1. The lowest BCUT2D eigenvalue weighted by Gasteiger charge is -2.04. The summed E-state index contributed by atoms with van der Waals surface area (Å²) in [6.45, 7) is 0. The van der Waals surface area contributed by atoms with Crippen molar-refractivity contribution in [3.05, 3.63) is 100 Å². The van der Waals surface area contributed by atoms with Gasteiger partial charge in [0.2, 0.25) is 0 Å². The molecule has 0 saturated heterocycles. The number of fused-ring (bicyclic) bond motifs is 1. The number of H-pyrrole nitrogens is 1. The molecule has 0 aliphatic carbocycles. The predicted octanol–water partition coefficient (Wildman–Crippen LogP) is 4.24. The van der Waals surface area contributed by atoms with Crippen molar-refractivity contribution in [2.45, 2.75) is 0 Å². The van der Waals surface area contributed by atoms with Gasteiger partial charge >= 0.3 is 0 Å². The molecule has 0 radical (unpaired) electrons. The van der Waals surface area contributed by atoms with Crippen LogP contribution in [0.5, 0.6) is 5.75 Å². The number of nitro groups is 1. The van der Waals surface area contributed by atoms with Crippen molar-refractivity contribution in [2.24, 2.45) is 0 Å². The highest BCUT2D eigenvalue weighted by Gasteiger charge is 2.19. The summed E-state index contributed by atoms with van der Waals surface area (Å²) < 4.78 is 1.47. The van der Waals surface area contributed by atoms with Crippen LogP contribution < -0.4 is 0 Å². The monoisotopic (exact) mass is 425 g/mol. The summed E-state index contributed by atoms with van der Waals surface area (Å²) in [4.78, 5) is 30.7. The molecule has 32 heavy (non-hydrogen) atoms. The molecule has 2 aromatic carbocycles. The Bertz CT molecular complexity index is 1470. The summed E-state index contributed by atoms with van der Waals surface area (Å²) in [5.41, 5.74) is 3.84.